The van der Waals surface area contributed by atoms with Crippen molar-refractivity contribution in [2.24, 2.45) is 0 Å². The molecule has 0 radical (unpaired) electrons. The molecule has 0 spiro atoms. The van der Waals surface area contributed by atoms with Crippen molar-refractivity contribution in [3.8, 4) is 0 Å². The van der Waals surface area contributed by atoms with E-state index < -0.39 is 6.04 Å². The molecule has 0 saturated heterocycles. The molecule has 0 fully saturated rings. The molecule has 1 heterocycles. The minimum absolute atomic E-state index is 0.190. The Morgan fingerprint density at radius 1 is 1.21 bits per heavy atom. The van der Waals surface area contributed by atoms with Gasteiger partial charge >= 0.3 is 0 Å². The summed E-state index contributed by atoms with van der Waals surface area (Å²) in [7, 11) is 0. The number of benzene rings is 2. The van der Waals surface area contributed by atoms with Crippen molar-refractivity contribution in [1.29, 1.82) is 0 Å². The molecule has 1 unspecified atom stereocenters. The van der Waals surface area contributed by atoms with Crippen LogP contribution in [0.4, 0.5) is 11.6 Å². The number of nitrogens with two attached hydrogens (primary N) is 1. The third-order valence-corrected chi connectivity index (χ3v) is 5.69. The molecule has 6 nitrogen and oxygen atoms in total. The number of nitrogens with one attached hydrogen (secondary N) is 1. The minimum Gasteiger partial charge on any atom is -0.368 e. The molecule has 9 heteroatoms. The smallest absolute Gasteiger partial charge is 0.247 e. The van der Waals surface area contributed by atoms with Gasteiger partial charge in [0.1, 0.15) is 6.04 Å². The maximum absolute atomic E-state index is 12.9. The Bertz CT molecular complexity index is 978. The summed E-state index contributed by atoms with van der Waals surface area (Å²) in [4.78, 5) is 12.9. The summed E-state index contributed by atoms with van der Waals surface area (Å²) in [6.45, 7) is 1.91. The Balaban J connectivity index is 1.79. The predicted octanol–water partition coefficient (Wildman–Crippen LogP) is 5.05. The van der Waals surface area contributed by atoms with Gasteiger partial charge in [0, 0.05) is 21.5 Å². The first kappa shape index (κ1) is 20.5. The largest absolute Gasteiger partial charge is 0.368 e. The third kappa shape index (κ3) is 4.79. The second-order valence-corrected chi connectivity index (χ2v) is 7.80. The van der Waals surface area contributed by atoms with E-state index in [2.05, 4.69) is 15.5 Å². The van der Waals surface area contributed by atoms with Gasteiger partial charge in [-0.2, -0.15) is 0 Å². The topological polar surface area (TPSA) is 85.8 Å². The summed E-state index contributed by atoms with van der Waals surface area (Å²) in [5.74, 6) is 0.565. The Kier molecular flexibility index (Phi) is 6.83. The van der Waals surface area contributed by atoms with Crippen LogP contribution in [-0.4, -0.2) is 20.7 Å². The summed E-state index contributed by atoms with van der Waals surface area (Å²) in [6.07, 6.45) is 0.522. The third-order valence-electron chi connectivity index (χ3n) is 4.10. The van der Waals surface area contributed by atoms with Crippen LogP contribution in [0, 0.1) is 0 Å². The van der Waals surface area contributed by atoms with Crippen molar-refractivity contribution in [1.82, 2.24) is 14.8 Å². The molecule has 0 aliphatic heterocycles. The fraction of sp³-hybridized carbons (Fsp3) is 0.211. The monoisotopic (exact) mass is 435 g/mol. The van der Waals surface area contributed by atoms with Crippen molar-refractivity contribution in [2.75, 3.05) is 11.1 Å². The van der Waals surface area contributed by atoms with E-state index in [1.165, 1.54) is 11.8 Å². The molecule has 1 aromatic heterocycles. The lowest BCUT2D eigenvalue weighted by atomic mass is 10.2. The molecule has 3 N–H and O–H groups in total. The number of carbonyl (C=O) groups is 1. The van der Waals surface area contributed by atoms with E-state index in [0.717, 1.165) is 5.56 Å². The maximum Gasteiger partial charge on any atom is 0.247 e. The average Bonchev–Trinajstić information content (AvgIpc) is 3.02. The van der Waals surface area contributed by atoms with Crippen LogP contribution in [0.15, 0.2) is 53.7 Å². The first-order chi connectivity index (χ1) is 13.5. The summed E-state index contributed by atoms with van der Waals surface area (Å²) in [5.41, 5.74) is 7.61. The molecule has 0 aliphatic rings. The zero-order valence-electron chi connectivity index (χ0n) is 15.1. The molecule has 3 rings (SSSR count). The van der Waals surface area contributed by atoms with Gasteiger partial charge in [-0.05, 0) is 36.2 Å². The Labute approximate surface area is 177 Å². The number of anilines is 2. The number of nitrogens with zero attached hydrogens (tertiary/aromatic N) is 3. The lowest BCUT2D eigenvalue weighted by Gasteiger charge is -2.19. The lowest BCUT2D eigenvalue weighted by Crippen LogP contribution is -2.27. The fourth-order valence-corrected chi connectivity index (χ4v) is 4.18. The second-order valence-electron chi connectivity index (χ2n) is 6.01. The van der Waals surface area contributed by atoms with Crippen molar-refractivity contribution < 1.29 is 4.79 Å². The Morgan fingerprint density at radius 3 is 2.71 bits per heavy atom. The van der Waals surface area contributed by atoms with Crippen molar-refractivity contribution in [2.45, 2.75) is 30.3 Å². The van der Waals surface area contributed by atoms with Gasteiger partial charge in [-0.3, -0.25) is 9.36 Å². The average molecular weight is 436 g/mol. The zero-order chi connectivity index (χ0) is 20.1. The van der Waals surface area contributed by atoms with Crippen molar-refractivity contribution in [3.63, 3.8) is 0 Å². The van der Waals surface area contributed by atoms with Crippen LogP contribution in [0.2, 0.25) is 10.0 Å². The first-order valence-electron chi connectivity index (χ1n) is 8.62. The number of aromatic nitrogens is 3. The molecule has 146 valence electrons. The number of hydrogen-bond acceptors (Lipinski definition) is 5. The van der Waals surface area contributed by atoms with Crippen LogP contribution in [-0.2, 0) is 10.5 Å². The highest BCUT2D eigenvalue weighted by Gasteiger charge is 2.25. The molecule has 0 bridgehead atoms. The first-order valence-corrected chi connectivity index (χ1v) is 10.4. The summed E-state index contributed by atoms with van der Waals surface area (Å²) < 4.78 is 1.65. The highest BCUT2D eigenvalue weighted by atomic mass is 35.5. The number of halogens is 2. The molecule has 3 aromatic rings. The van der Waals surface area contributed by atoms with Crippen LogP contribution in [0.25, 0.3) is 0 Å². The number of hydrogen-bond donors (Lipinski definition) is 2. The number of amides is 1. The van der Waals surface area contributed by atoms with Gasteiger partial charge in [0.15, 0.2) is 5.16 Å². The number of carbonyl (C=O) groups excluding carboxylic acids is 1. The summed E-state index contributed by atoms with van der Waals surface area (Å²) in [5, 5.41) is 12.8. The van der Waals surface area contributed by atoms with E-state index in [9.17, 15) is 4.79 Å². The molecule has 1 amide bonds. The van der Waals surface area contributed by atoms with Gasteiger partial charge < -0.3 is 11.1 Å². The predicted molar refractivity (Wildman–Crippen MR) is 115 cm³/mol. The molecular weight excluding hydrogens is 417 g/mol. The highest BCUT2D eigenvalue weighted by molar-refractivity contribution is 7.98. The van der Waals surface area contributed by atoms with E-state index in [4.69, 9.17) is 28.9 Å². The molecule has 2 aromatic carbocycles. The molecular formula is C19H19Cl2N5OS. The van der Waals surface area contributed by atoms with Gasteiger partial charge in [-0.25, -0.2) is 0 Å². The zero-order valence-corrected chi connectivity index (χ0v) is 17.4. The van der Waals surface area contributed by atoms with Crippen LogP contribution >= 0.6 is 35.0 Å². The van der Waals surface area contributed by atoms with Crippen LogP contribution in [0.1, 0.15) is 24.9 Å². The highest BCUT2D eigenvalue weighted by Crippen LogP contribution is 2.30. The molecule has 1 atom stereocenters. The van der Waals surface area contributed by atoms with Gasteiger partial charge in [0.05, 0.1) is 0 Å². The van der Waals surface area contributed by atoms with Crippen molar-refractivity contribution in [3.05, 3.63) is 64.1 Å². The normalized spacial score (nSPS) is 12.0. The second kappa shape index (κ2) is 9.32. The van der Waals surface area contributed by atoms with E-state index in [-0.39, 0.29) is 11.9 Å². The standard InChI is InChI=1S/C19H19Cl2N5OS/c1-2-16(17(27)23-14-8-5-7-13(20)10-14)26-18(22)24-25-19(26)28-11-12-6-3-4-9-15(12)21/h3-10,16H,2,11H2,1H3,(H2,22,24)(H,23,27). The molecule has 0 aliphatic carbocycles. The minimum atomic E-state index is -0.553. The van der Waals surface area contributed by atoms with Crippen molar-refractivity contribution >= 4 is 52.5 Å². The Morgan fingerprint density at radius 2 is 2.00 bits per heavy atom. The molecule has 28 heavy (non-hydrogen) atoms. The quantitative estimate of drug-likeness (QED) is 0.507. The van der Waals surface area contributed by atoms with Gasteiger partial charge in [-0.1, -0.05) is 66.2 Å². The van der Waals surface area contributed by atoms with Gasteiger partial charge in [0.2, 0.25) is 11.9 Å². The number of rotatable bonds is 7. The molecule has 0 saturated carbocycles. The summed E-state index contributed by atoms with van der Waals surface area (Å²) in [6, 6.07) is 14.0. The van der Waals surface area contributed by atoms with Crippen LogP contribution in [0.5, 0.6) is 0 Å². The SMILES string of the molecule is CCC(C(=O)Nc1cccc(Cl)c1)n1c(N)nnc1SCc1ccccc1Cl. The van der Waals surface area contributed by atoms with E-state index >= 15 is 0 Å². The van der Waals surface area contributed by atoms with Gasteiger partial charge in [0.25, 0.3) is 0 Å². The van der Waals surface area contributed by atoms with Crippen LogP contribution in [0.3, 0.4) is 0 Å². The lowest BCUT2D eigenvalue weighted by molar-refractivity contribution is -0.119. The number of nitrogen functional groups attached to an aromatic ring is 1. The fourth-order valence-electron chi connectivity index (χ4n) is 2.71. The van der Waals surface area contributed by atoms with E-state index in [0.29, 0.717) is 33.1 Å². The Hall–Kier alpha value is -2.22. The van der Waals surface area contributed by atoms with Gasteiger partial charge in [-0.15, -0.1) is 10.2 Å². The summed E-state index contributed by atoms with van der Waals surface area (Å²) >= 11 is 13.6. The van der Waals surface area contributed by atoms with E-state index in [1.807, 2.05) is 31.2 Å². The maximum atomic E-state index is 12.9. The number of thioether (sulfide) groups is 1. The van der Waals surface area contributed by atoms with E-state index in [1.54, 1.807) is 28.8 Å². The van der Waals surface area contributed by atoms with Crippen LogP contribution < -0.4 is 11.1 Å².